The molecule has 1 heterocycles. The van der Waals surface area contributed by atoms with E-state index in [1.165, 1.54) is 12.8 Å². The number of rotatable bonds is 8. The Balaban J connectivity index is 2.00. The molecular weight excluding hydrogens is 282 g/mol. The van der Waals surface area contributed by atoms with E-state index in [4.69, 9.17) is 18.0 Å². The number of hydrogen-bond donors (Lipinski definition) is 1. The Hall–Kier alpha value is -1.24. The maximum atomic E-state index is 6.40. The van der Waals surface area contributed by atoms with E-state index < -0.39 is 0 Å². The van der Waals surface area contributed by atoms with Crippen molar-refractivity contribution in [1.29, 1.82) is 0 Å². The first-order chi connectivity index (χ1) is 10.1. The summed E-state index contributed by atoms with van der Waals surface area (Å²) in [5.41, 5.74) is 1.11. The summed E-state index contributed by atoms with van der Waals surface area (Å²) in [5, 5.41) is 4.09. The van der Waals surface area contributed by atoms with Gasteiger partial charge in [-0.2, -0.15) is 0 Å². The second-order valence-corrected chi connectivity index (χ2v) is 6.61. The SMILES string of the molecule is C#CCN(CC1CC1)c1ncc(CNCC(C)C)cc1Cl. The van der Waals surface area contributed by atoms with Crippen molar-refractivity contribution in [3.05, 3.63) is 22.8 Å². The summed E-state index contributed by atoms with van der Waals surface area (Å²) >= 11 is 6.40. The van der Waals surface area contributed by atoms with Crippen LogP contribution in [0.15, 0.2) is 12.3 Å². The van der Waals surface area contributed by atoms with E-state index in [-0.39, 0.29) is 0 Å². The number of nitrogens with zero attached hydrogens (tertiary/aromatic N) is 2. The second-order valence-electron chi connectivity index (χ2n) is 6.20. The number of terminal acetylenes is 1. The maximum absolute atomic E-state index is 6.40. The fourth-order valence-electron chi connectivity index (χ4n) is 2.25. The van der Waals surface area contributed by atoms with Crippen LogP contribution in [0.2, 0.25) is 5.02 Å². The Morgan fingerprint density at radius 2 is 2.29 bits per heavy atom. The molecule has 0 aromatic carbocycles. The molecule has 1 aliphatic carbocycles. The van der Waals surface area contributed by atoms with Gasteiger partial charge in [0.05, 0.1) is 11.6 Å². The molecule has 21 heavy (non-hydrogen) atoms. The van der Waals surface area contributed by atoms with Gasteiger partial charge in [0.15, 0.2) is 0 Å². The molecule has 1 saturated carbocycles. The number of halogens is 1. The van der Waals surface area contributed by atoms with E-state index in [1.54, 1.807) is 0 Å². The molecule has 4 heteroatoms. The normalized spacial score (nSPS) is 14.2. The Kier molecular flexibility index (Phi) is 5.90. The molecule has 114 valence electrons. The molecule has 1 aromatic heterocycles. The van der Waals surface area contributed by atoms with Crippen molar-refractivity contribution in [3.63, 3.8) is 0 Å². The van der Waals surface area contributed by atoms with E-state index >= 15 is 0 Å². The van der Waals surface area contributed by atoms with Crippen molar-refractivity contribution in [3.8, 4) is 12.3 Å². The molecule has 1 aliphatic rings. The van der Waals surface area contributed by atoms with Gasteiger partial charge in [0, 0.05) is 19.3 Å². The minimum atomic E-state index is 0.564. The highest BCUT2D eigenvalue weighted by Crippen LogP contribution is 2.32. The number of hydrogen-bond acceptors (Lipinski definition) is 3. The lowest BCUT2D eigenvalue weighted by Gasteiger charge is -2.22. The highest BCUT2D eigenvalue weighted by molar-refractivity contribution is 6.33. The van der Waals surface area contributed by atoms with Gasteiger partial charge in [0.2, 0.25) is 0 Å². The van der Waals surface area contributed by atoms with Gasteiger partial charge in [-0.05, 0) is 42.9 Å². The molecule has 1 N–H and O–H groups in total. The minimum Gasteiger partial charge on any atom is -0.344 e. The van der Waals surface area contributed by atoms with Crippen LogP contribution >= 0.6 is 11.6 Å². The summed E-state index contributed by atoms with van der Waals surface area (Å²) in [6.45, 7) is 7.69. The minimum absolute atomic E-state index is 0.564. The third-order valence-electron chi connectivity index (χ3n) is 3.52. The fourth-order valence-corrected chi connectivity index (χ4v) is 2.56. The zero-order valence-corrected chi connectivity index (χ0v) is 13.7. The Labute approximate surface area is 133 Å². The lowest BCUT2D eigenvalue weighted by atomic mass is 10.2. The van der Waals surface area contributed by atoms with Crippen LogP contribution in [0, 0.1) is 24.2 Å². The van der Waals surface area contributed by atoms with Gasteiger partial charge in [-0.15, -0.1) is 6.42 Å². The van der Waals surface area contributed by atoms with Crippen LogP contribution in [0.3, 0.4) is 0 Å². The number of anilines is 1. The third-order valence-corrected chi connectivity index (χ3v) is 3.80. The van der Waals surface area contributed by atoms with Crippen LogP contribution in [0.5, 0.6) is 0 Å². The van der Waals surface area contributed by atoms with Gasteiger partial charge in [-0.3, -0.25) is 0 Å². The van der Waals surface area contributed by atoms with Gasteiger partial charge in [-0.1, -0.05) is 31.4 Å². The molecule has 0 unspecified atom stereocenters. The molecule has 0 radical (unpaired) electrons. The van der Waals surface area contributed by atoms with Gasteiger partial charge in [0.25, 0.3) is 0 Å². The van der Waals surface area contributed by atoms with Crippen molar-refractivity contribution >= 4 is 17.4 Å². The largest absolute Gasteiger partial charge is 0.344 e. The third kappa shape index (κ3) is 5.22. The average Bonchev–Trinajstić information content (AvgIpc) is 3.22. The summed E-state index contributed by atoms with van der Waals surface area (Å²) in [5.74, 6) is 4.91. The van der Waals surface area contributed by atoms with E-state index in [0.717, 1.165) is 36.9 Å². The molecule has 0 bridgehead atoms. The first-order valence-corrected chi connectivity index (χ1v) is 8.01. The van der Waals surface area contributed by atoms with E-state index in [2.05, 4.69) is 35.0 Å². The van der Waals surface area contributed by atoms with Crippen molar-refractivity contribution in [2.75, 3.05) is 24.5 Å². The molecule has 0 saturated heterocycles. The molecule has 3 nitrogen and oxygen atoms in total. The molecule has 0 spiro atoms. The van der Waals surface area contributed by atoms with Crippen LogP contribution in [-0.4, -0.2) is 24.6 Å². The van der Waals surface area contributed by atoms with Gasteiger partial charge < -0.3 is 10.2 Å². The summed E-state index contributed by atoms with van der Waals surface area (Å²) in [6.07, 6.45) is 9.93. The molecule has 0 atom stereocenters. The first-order valence-electron chi connectivity index (χ1n) is 7.63. The quantitative estimate of drug-likeness (QED) is 0.747. The van der Waals surface area contributed by atoms with E-state index in [1.807, 2.05) is 12.3 Å². The second kappa shape index (κ2) is 7.68. The van der Waals surface area contributed by atoms with Crippen molar-refractivity contribution in [1.82, 2.24) is 10.3 Å². The predicted molar refractivity (Wildman–Crippen MR) is 89.6 cm³/mol. The zero-order valence-electron chi connectivity index (χ0n) is 12.9. The average molecular weight is 306 g/mol. The van der Waals surface area contributed by atoms with Crippen LogP contribution in [-0.2, 0) is 6.54 Å². The number of nitrogens with one attached hydrogen (secondary N) is 1. The summed E-state index contributed by atoms with van der Waals surface area (Å²) in [6, 6.07) is 1.99. The van der Waals surface area contributed by atoms with Crippen molar-refractivity contribution in [2.24, 2.45) is 11.8 Å². The lowest BCUT2D eigenvalue weighted by molar-refractivity contribution is 0.552. The van der Waals surface area contributed by atoms with Crippen LogP contribution < -0.4 is 10.2 Å². The summed E-state index contributed by atoms with van der Waals surface area (Å²) < 4.78 is 0. The Morgan fingerprint density at radius 3 is 2.86 bits per heavy atom. The summed E-state index contributed by atoms with van der Waals surface area (Å²) in [7, 11) is 0. The molecule has 1 fully saturated rings. The molecule has 0 aliphatic heterocycles. The smallest absolute Gasteiger partial charge is 0.148 e. The van der Waals surface area contributed by atoms with Gasteiger partial charge >= 0.3 is 0 Å². The first kappa shape index (κ1) is 16.1. The molecular formula is C17H24ClN3. The predicted octanol–water partition coefficient (Wildman–Crippen LogP) is 3.33. The van der Waals surface area contributed by atoms with Crippen molar-refractivity contribution < 1.29 is 0 Å². The fraction of sp³-hybridized carbons (Fsp3) is 0.588. The Morgan fingerprint density at radius 1 is 1.52 bits per heavy atom. The number of aromatic nitrogens is 1. The highest BCUT2D eigenvalue weighted by atomic mass is 35.5. The molecule has 0 amide bonds. The van der Waals surface area contributed by atoms with Crippen LogP contribution in [0.4, 0.5) is 5.82 Å². The van der Waals surface area contributed by atoms with E-state index in [9.17, 15) is 0 Å². The van der Waals surface area contributed by atoms with Crippen LogP contribution in [0.1, 0.15) is 32.3 Å². The van der Waals surface area contributed by atoms with Crippen molar-refractivity contribution in [2.45, 2.75) is 33.2 Å². The number of pyridine rings is 1. The van der Waals surface area contributed by atoms with E-state index in [0.29, 0.717) is 17.5 Å². The standard InChI is InChI=1S/C17H24ClN3/c1-4-7-21(12-14-5-6-14)17-16(18)8-15(11-20-17)10-19-9-13(2)3/h1,8,11,13-14,19H,5-7,9-10,12H2,2-3H3. The van der Waals surface area contributed by atoms with Gasteiger partial charge in [0.1, 0.15) is 5.82 Å². The summed E-state index contributed by atoms with van der Waals surface area (Å²) in [4.78, 5) is 6.65. The topological polar surface area (TPSA) is 28.2 Å². The Bertz CT molecular complexity index is 503. The van der Waals surface area contributed by atoms with Gasteiger partial charge in [-0.25, -0.2) is 4.98 Å². The monoisotopic (exact) mass is 305 g/mol. The van der Waals surface area contributed by atoms with Crippen LogP contribution in [0.25, 0.3) is 0 Å². The molecule has 1 aromatic rings. The molecule has 2 rings (SSSR count). The zero-order chi connectivity index (χ0) is 15.2. The lowest BCUT2D eigenvalue weighted by Crippen LogP contribution is -2.27. The highest BCUT2D eigenvalue weighted by Gasteiger charge is 2.25. The maximum Gasteiger partial charge on any atom is 0.148 e.